The minimum Gasteiger partial charge on any atom is -0.475 e. The number of hydrogen-bond acceptors (Lipinski definition) is 2. The SMILES string of the molecule is CC1(C)C[C@@]2(CC(C)(C)c3cccc(P(c4ccccc4)c4ccccc4)c32)c2c(C3=N[C@@H](C(C)(C)C)CO3)cccc21. The van der Waals surface area contributed by atoms with Crippen LogP contribution in [0, 0.1) is 5.41 Å². The molecule has 3 heteroatoms. The number of hydrogen-bond donors (Lipinski definition) is 0. The second kappa shape index (κ2) is 9.90. The number of benzene rings is 4. The summed E-state index contributed by atoms with van der Waals surface area (Å²) in [6.07, 6.45) is 2.17. The molecule has 0 fully saturated rings. The monoisotopic (exact) mass is 585 g/mol. The molecule has 2 aliphatic carbocycles. The lowest BCUT2D eigenvalue weighted by atomic mass is 9.71. The highest BCUT2D eigenvalue weighted by atomic mass is 31.1. The molecule has 4 aromatic carbocycles. The van der Waals surface area contributed by atoms with E-state index in [9.17, 15) is 0 Å². The molecule has 7 rings (SSSR count). The molecule has 0 unspecified atom stereocenters. The van der Waals surface area contributed by atoms with Crippen molar-refractivity contribution in [2.24, 2.45) is 10.4 Å². The summed E-state index contributed by atoms with van der Waals surface area (Å²) in [7, 11) is -0.756. The summed E-state index contributed by atoms with van der Waals surface area (Å²) in [6, 6.07) is 36.6. The van der Waals surface area contributed by atoms with Gasteiger partial charge in [-0.25, -0.2) is 4.99 Å². The molecule has 43 heavy (non-hydrogen) atoms. The predicted octanol–water partition coefficient (Wildman–Crippen LogP) is 8.29. The summed E-state index contributed by atoms with van der Waals surface area (Å²) >= 11 is 0. The van der Waals surface area contributed by atoms with Crippen LogP contribution in [0.15, 0.2) is 102 Å². The summed E-state index contributed by atoms with van der Waals surface area (Å²) in [4.78, 5) is 5.25. The van der Waals surface area contributed by atoms with E-state index in [1.807, 2.05) is 0 Å². The van der Waals surface area contributed by atoms with Crippen molar-refractivity contribution in [2.45, 2.75) is 83.6 Å². The van der Waals surface area contributed by atoms with Gasteiger partial charge in [-0.2, -0.15) is 0 Å². The van der Waals surface area contributed by atoms with Crippen molar-refractivity contribution in [2.75, 3.05) is 6.61 Å². The van der Waals surface area contributed by atoms with Crippen LogP contribution in [0.2, 0.25) is 0 Å². The number of rotatable bonds is 4. The van der Waals surface area contributed by atoms with Gasteiger partial charge in [0.15, 0.2) is 0 Å². The van der Waals surface area contributed by atoms with E-state index in [2.05, 4.69) is 146 Å². The topological polar surface area (TPSA) is 21.6 Å². The van der Waals surface area contributed by atoms with E-state index in [0.29, 0.717) is 6.61 Å². The molecule has 1 heterocycles. The van der Waals surface area contributed by atoms with Crippen LogP contribution in [0.1, 0.15) is 89.1 Å². The molecule has 3 aliphatic rings. The van der Waals surface area contributed by atoms with Crippen LogP contribution in [0.3, 0.4) is 0 Å². The zero-order valence-electron chi connectivity index (χ0n) is 26.7. The lowest BCUT2D eigenvalue weighted by molar-refractivity contribution is 0.235. The maximum absolute atomic E-state index is 6.48. The average Bonchev–Trinajstić information content (AvgIpc) is 3.62. The number of nitrogens with zero attached hydrogens (tertiary/aromatic N) is 1. The van der Waals surface area contributed by atoms with Crippen molar-refractivity contribution in [3.63, 3.8) is 0 Å². The molecule has 0 amide bonds. The van der Waals surface area contributed by atoms with Crippen LogP contribution in [-0.4, -0.2) is 18.5 Å². The van der Waals surface area contributed by atoms with E-state index in [1.54, 1.807) is 5.56 Å². The van der Waals surface area contributed by atoms with Gasteiger partial charge in [0.05, 0.1) is 6.04 Å². The van der Waals surface area contributed by atoms with Gasteiger partial charge in [0.1, 0.15) is 6.61 Å². The minimum atomic E-state index is -0.756. The Kier molecular flexibility index (Phi) is 6.57. The highest BCUT2D eigenvalue weighted by Gasteiger charge is 2.58. The first-order chi connectivity index (χ1) is 20.4. The molecule has 0 N–H and O–H groups in total. The second-order valence-electron chi connectivity index (χ2n) is 15.3. The summed E-state index contributed by atoms with van der Waals surface area (Å²) in [6.45, 7) is 17.3. The van der Waals surface area contributed by atoms with Crippen LogP contribution < -0.4 is 15.9 Å². The van der Waals surface area contributed by atoms with Gasteiger partial charge in [0.25, 0.3) is 0 Å². The van der Waals surface area contributed by atoms with Crippen molar-refractivity contribution >= 4 is 29.7 Å². The molecule has 2 nitrogen and oxygen atoms in total. The quantitative estimate of drug-likeness (QED) is 0.221. The molecule has 1 spiro atoms. The fraction of sp³-hybridized carbons (Fsp3) is 0.375. The lowest BCUT2D eigenvalue weighted by Crippen LogP contribution is -2.34. The Balaban J connectivity index is 1.52. The third-order valence-electron chi connectivity index (χ3n) is 10.2. The highest BCUT2D eigenvalue weighted by molar-refractivity contribution is 7.79. The largest absolute Gasteiger partial charge is 0.475 e. The van der Waals surface area contributed by atoms with E-state index in [4.69, 9.17) is 9.73 Å². The smallest absolute Gasteiger partial charge is 0.216 e. The summed E-state index contributed by atoms with van der Waals surface area (Å²) < 4.78 is 6.48. The third kappa shape index (κ3) is 4.52. The van der Waals surface area contributed by atoms with Crippen molar-refractivity contribution in [3.05, 3.63) is 125 Å². The van der Waals surface area contributed by atoms with E-state index in [-0.39, 0.29) is 27.7 Å². The number of fused-ring (bicyclic) bond motifs is 4. The maximum atomic E-state index is 6.48. The van der Waals surface area contributed by atoms with Gasteiger partial charge >= 0.3 is 0 Å². The van der Waals surface area contributed by atoms with Gasteiger partial charge in [-0.05, 0) is 81.2 Å². The molecule has 0 saturated carbocycles. The van der Waals surface area contributed by atoms with Gasteiger partial charge in [0, 0.05) is 11.0 Å². The Hall–Kier alpha value is -3.22. The van der Waals surface area contributed by atoms with E-state index < -0.39 is 7.92 Å². The van der Waals surface area contributed by atoms with E-state index >= 15 is 0 Å². The van der Waals surface area contributed by atoms with Crippen molar-refractivity contribution < 1.29 is 4.74 Å². The van der Waals surface area contributed by atoms with Crippen molar-refractivity contribution in [1.29, 1.82) is 0 Å². The molecular weight excluding hydrogens is 541 g/mol. The molecule has 1 aliphatic heterocycles. The third-order valence-corrected chi connectivity index (χ3v) is 12.6. The molecule has 0 saturated heterocycles. The van der Waals surface area contributed by atoms with E-state index in [1.165, 1.54) is 38.2 Å². The molecular formula is C40H44NOP. The fourth-order valence-corrected chi connectivity index (χ4v) is 11.0. The highest BCUT2D eigenvalue weighted by Crippen LogP contribution is 2.64. The fourth-order valence-electron chi connectivity index (χ4n) is 8.39. The normalized spacial score (nSPS) is 23.3. The van der Waals surface area contributed by atoms with E-state index in [0.717, 1.165) is 18.7 Å². The summed E-state index contributed by atoms with van der Waals surface area (Å²) in [5.74, 6) is 0.839. The van der Waals surface area contributed by atoms with Crippen LogP contribution in [0.25, 0.3) is 0 Å². The Bertz CT molecular complexity index is 1670. The second-order valence-corrected chi connectivity index (χ2v) is 17.5. The number of aliphatic imine (C=N–C) groups is 1. The van der Waals surface area contributed by atoms with Gasteiger partial charge < -0.3 is 4.74 Å². The van der Waals surface area contributed by atoms with Gasteiger partial charge in [-0.3, -0.25) is 0 Å². The molecule has 220 valence electrons. The van der Waals surface area contributed by atoms with Crippen molar-refractivity contribution in [1.82, 2.24) is 0 Å². The Morgan fingerprint density at radius 2 is 1.21 bits per heavy atom. The van der Waals surface area contributed by atoms with Gasteiger partial charge in [-0.15, -0.1) is 0 Å². The Morgan fingerprint density at radius 1 is 0.674 bits per heavy atom. The Morgan fingerprint density at radius 3 is 1.74 bits per heavy atom. The first-order valence-electron chi connectivity index (χ1n) is 15.8. The first-order valence-corrected chi connectivity index (χ1v) is 17.2. The molecule has 0 aromatic heterocycles. The van der Waals surface area contributed by atoms with Crippen LogP contribution in [0.4, 0.5) is 0 Å². The molecule has 4 aromatic rings. The van der Waals surface area contributed by atoms with Crippen LogP contribution in [0.5, 0.6) is 0 Å². The van der Waals surface area contributed by atoms with Crippen LogP contribution >= 0.6 is 7.92 Å². The zero-order valence-corrected chi connectivity index (χ0v) is 27.6. The molecule has 0 radical (unpaired) electrons. The molecule has 2 atom stereocenters. The van der Waals surface area contributed by atoms with Gasteiger partial charge in [0.2, 0.25) is 5.90 Å². The summed E-state index contributed by atoms with van der Waals surface area (Å²) in [5, 5.41) is 4.30. The van der Waals surface area contributed by atoms with Crippen molar-refractivity contribution in [3.8, 4) is 0 Å². The average molecular weight is 586 g/mol. The summed E-state index contributed by atoms with van der Waals surface area (Å²) in [5.41, 5.74) is 7.19. The number of ether oxygens (including phenoxy) is 1. The first kappa shape index (κ1) is 28.5. The lowest BCUT2D eigenvalue weighted by Gasteiger charge is -2.34. The zero-order chi connectivity index (χ0) is 30.2. The molecule has 0 bridgehead atoms. The van der Waals surface area contributed by atoms with Crippen LogP contribution in [-0.2, 0) is 21.0 Å². The maximum Gasteiger partial charge on any atom is 0.216 e. The Labute approximate surface area is 259 Å². The standard InChI is InChI=1S/C40H44NOP/c1-37(2,3)33-24-42-36(41-33)29-20-14-21-30-34(29)40(25-38(30,4)5)26-39(6,7)31-22-15-23-32(35(31)40)43(27-16-10-8-11-17-27)28-18-12-9-13-19-28/h8-23,33H,24-26H2,1-7H3/t33-,40-/m1/s1. The predicted molar refractivity (Wildman–Crippen MR) is 183 cm³/mol. The van der Waals surface area contributed by atoms with Gasteiger partial charge in [-0.1, -0.05) is 139 Å². The minimum absolute atomic E-state index is 0.0288.